The number of aliphatic hydroxyl groups excluding tert-OH is 1. The predicted octanol–water partition coefficient (Wildman–Crippen LogP) is 5.49. The summed E-state index contributed by atoms with van der Waals surface area (Å²) in [7, 11) is 0. The van der Waals surface area contributed by atoms with Crippen molar-refractivity contribution in [2.45, 2.75) is 56.5 Å². The molecule has 1 saturated heterocycles. The Bertz CT molecular complexity index is 936. The zero-order valence-electron chi connectivity index (χ0n) is 19.2. The summed E-state index contributed by atoms with van der Waals surface area (Å²) in [6.45, 7) is 3.41. The van der Waals surface area contributed by atoms with Gasteiger partial charge in [0.15, 0.2) is 6.29 Å². The van der Waals surface area contributed by atoms with E-state index in [1.807, 2.05) is 30.0 Å². The molecular formula is C27H34O5S. The maximum absolute atomic E-state index is 11.6. The average Bonchev–Trinajstić information content (AvgIpc) is 3.36. The molecule has 178 valence electrons. The van der Waals surface area contributed by atoms with Gasteiger partial charge in [0.2, 0.25) is 0 Å². The van der Waals surface area contributed by atoms with Gasteiger partial charge in [-0.15, -0.1) is 0 Å². The second kappa shape index (κ2) is 11.0. The van der Waals surface area contributed by atoms with E-state index in [1.165, 1.54) is 16.7 Å². The second-order valence-electron chi connectivity index (χ2n) is 9.31. The van der Waals surface area contributed by atoms with Crippen molar-refractivity contribution >= 4 is 17.7 Å². The Morgan fingerprint density at radius 1 is 1.15 bits per heavy atom. The SMILES string of the molecule is CC(CO)c1ccccc1CCCSC(c1cccc(C2OCCO2)c1)C1(CC(=O)O)CC1. The molecule has 2 aromatic carbocycles. The second-order valence-corrected chi connectivity index (χ2v) is 10.5. The lowest BCUT2D eigenvalue weighted by atomic mass is 9.91. The van der Waals surface area contributed by atoms with Crippen molar-refractivity contribution in [2.24, 2.45) is 5.41 Å². The first-order chi connectivity index (χ1) is 16.0. The molecule has 2 N–H and O–H groups in total. The highest BCUT2D eigenvalue weighted by Crippen LogP contribution is 2.62. The summed E-state index contributed by atoms with van der Waals surface area (Å²) in [5.41, 5.74) is 4.52. The number of benzene rings is 2. The monoisotopic (exact) mass is 470 g/mol. The number of hydrogen-bond donors (Lipinski definition) is 2. The van der Waals surface area contributed by atoms with Crippen LogP contribution in [0.4, 0.5) is 0 Å². The number of carboxylic acids is 1. The van der Waals surface area contributed by atoms with E-state index in [0.717, 1.165) is 37.0 Å². The molecule has 1 heterocycles. The summed E-state index contributed by atoms with van der Waals surface area (Å²) < 4.78 is 11.4. The van der Waals surface area contributed by atoms with Gasteiger partial charge >= 0.3 is 5.97 Å². The molecule has 1 saturated carbocycles. The van der Waals surface area contributed by atoms with Crippen molar-refractivity contribution < 1.29 is 24.5 Å². The van der Waals surface area contributed by atoms with E-state index >= 15 is 0 Å². The summed E-state index contributed by atoms with van der Waals surface area (Å²) in [5, 5.41) is 19.3. The molecule has 0 bridgehead atoms. The average molecular weight is 471 g/mol. The van der Waals surface area contributed by atoms with Crippen LogP contribution in [0.2, 0.25) is 0 Å². The normalized spacial score (nSPS) is 19.3. The fourth-order valence-electron chi connectivity index (χ4n) is 4.84. The Kier molecular flexibility index (Phi) is 8.12. The van der Waals surface area contributed by atoms with Crippen LogP contribution in [0.1, 0.15) is 72.3 Å². The van der Waals surface area contributed by atoms with Crippen LogP contribution in [-0.2, 0) is 20.7 Å². The minimum atomic E-state index is -0.719. The molecule has 0 radical (unpaired) electrons. The maximum Gasteiger partial charge on any atom is 0.303 e. The van der Waals surface area contributed by atoms with Crippen LogP contribution in [0, 0.1) is 5.41 Å². The van der Waals surface area contributed by atoms with Gasteiger partial charge in [0.05, 0.1) is 19.6 Å². The third kappa shape index (κ3) is 5.99. The Labute approximate surface area is 200 Å². The van der Waals surface area contributed by atoms with E-state index in [-0.39, 0.29) is 35.9 Å². The Hall–Kier alpha value is -1.86. The van der Waals surface area contributed by atoms with Crippen molar-refractivity contribution in [1.29, 1.82) is 0 Å². The molecule has 0 aromatic heterocycles. The predicted molar refractivity (Wildman–Crippen MR) is 130 cm³/mol. The topological polar surface area (TPSA) is 76.0 Å². The van der Waals surface area contributed by atoms with E-state index in [9.17, 15) is 15.0 Å². The number of hydrogen-bond acceptors (Lipinski definition) is 5. The van der Waals surface area contributed by atoms with E-state index in [2.05, 4.69) is 37.3 Å². The number of aliphatic carboxylic acids is 1. The number of carbonyl (C=O) groups is 1. The van der Waals surface area contributed by atoms with E-state index in [0.29, 0.717) is 13.2 Å². The quantitative estimate of drug-likeness (QED) is 0.400. The van der Waals surface area contributed by atoms with Gasteiger partial charge in [0.25, 0.3) is 0 Å². The highest BCUT2D eigenvalue weighted by Gasteiger charge is 2.51. The Balaban J connectivity index is 1.46. The van der Waals surface area contributed by atoms with E-state index in [4.69, 9.17) is 9.47 Å². The summed E-state index contributed by atoms with van der Waals surface area (Å²) in [4.78, 5) is 11.6. The first-order valence-corrected chi connectivity index (χ1v) is 12.9. The van der Waals surface area contributed by atoms with Gasteiger partial charge in [-0.3, -0.25) is 4.79 Å². The molecule has 2 unspecified atom stereocenters. The number of aryl methyl sites for hydroxylation is 1. The lowest BCUT2D eigenvalue weighted by Crippen LogP contribution is -2.17. The summed E-state index contributed by atoms with van der Waals surface area (Å²) in [6, 6.07) is 16.7. The van der Waals surface area contributed by atoms with Crippen molar-refractivity contribution in [2.75, 3.05) is 25.6 Å². The van der Waals surface area contributed by atoms with Crippen LogP contribution >= 0.6 is 11.8 Å². The summed E-state index contributed by atoms with van der Waals surface area (Å²) in [5.74, 6) is 0.368. The molecule has 5 nitrogen and oxygen atoms in total. The first kappa shape index (κ1) is 24.3. The summed E-state index contributed by atoms with van der Waals surface area (Å²) >= 11 is 1.88. The molecule has 33 heavy (non-hydrogen) atoms. The highest BCUT2D eigenvalue weighted by atomic mass is 32.2. The van der Waals surface area contributed by atoms with E-state index < -0.39 is 5.97 Å². The smallest absolute Gasteiger partial charge is 0.303 e. The molecule has 2 fully saturated rings. The minimum absolute atomic E-state index is 0.134. The summed E-state index contributed by atoms with van der Waals surface area (Å²) in [6.07, 6.45) is 3.75. The van der Waals surface area contributed by atoms with Crippen molar-refractivity contribution in [3.63, 3.8) is 0 Å². The fourth-order valence-corrected chi connectivity index (χ4v) is 6.40. The molecule has 0 spiro atoms. The van der Waals surface area contributed by atoms with Crippen molar-refractivity contribution in [3.8, 4) is 0 Å². The largest absolute Gasteiger partial charge is 0.481 e. The van der Waals surface area contributed by atoms with Gasteiger partial charge in [-0.05, 0) is 59.6 Å². The van der Waals surface area contributed by atoms with E-state index in [1.54, 1.807) is 0 Å². The van der Waals surface area contributed by atoms with Gasteiger partial charge in [-0.2, -0.15) is 11.8 Å². The maximum atomic E-state index is 11.6. The van der Waals surface area contributed by atoms with Crippen LogP contribution in [0.15, 0.2) is 48.5 Å². The standard InChI is InChI=1S/C27H34O5S/c1-19(18-28)23-10-3-2-6-20(23)9-5-15-33-25(27(11-12-27)17-24(29)30)21-7-4-8-22(16-21)26-31-13-14-32-26/h2-4,6-8,10,16,19,25-26,28H,5,9,11-15,17-18H2,1H3,(H,29,30). The molecular weight excluding hydrogens is 436 g/mol. The molecule has 2 aromatic rings. The Morgan fingerprint density at radius 3 is 2.61 bits per heavy atom. The zero-order valence-corrected chi connectivity index (χ0v) is 20.1. The van der Waals surface area contributed by atoms with Gasteiger partial charge in [-0.1, -0.05) is 49.4 Å². The van der Waals surface area contributed by atoms with Gasteiger partial charge in [0.1, 0.15) is 0 Å². The van der Waals surface area contributed by atoms with Crippen LogP contribution in [0.5, 0.6) is 0 Å². The first-order valence-electron chi connectivity index (χ1n) is 11.9. The number of aliphatic hydroxyl groups is 1. The molecule has 0 amide bonds. The molecule has 1 aliphatic carbocycles. The van der Waals surface area contributed by atoms with Crippen LogP contribution < -0.4 is 0 Å². The molecule has 2 atom stereocenters. The molecule has 4 rings (SSSR count). The molecule has 6 heteroatoms. The number of carboxylic acid groups (broad SMARTS) is 1. The third-order valence-corrected chi connectivity index (χ3v) is 8.42. The lowest BCUT2D eigenvalue weighted by Gasteiger charge is -2.27. The number of thioether (sulfide) groups is 1. The van der Waals surface area contributed by atoms with Crippen LogP contribution in [0.25, 0.3) is 0 Å². The van der Waals surface area contributed by atoms with Crippen LogP contribution in [-0.4, -0.2) is 41.8 Å². The molecule has 2 aliphatic rings. The van der Waals surface area contributed by atoms with Crippen molar-refractivity contribution in [3.05, 3.63) is 70.8 Å². The third-order valence-electron chi connectivity index (χ3n) is 6.79. The van der Waals surface area contributed by atoms with Gasteiger partial charge < -0.3 is 19.7 Å². The lowest BCUT2D eigenvalue weighted by molar-refractivity contribution is -0.138. The number of ether oxygens (including phenoxy) is 2. The van der Waals surface area contributed by atoms with Gasteiger partial charge in [-0.25, -0.2) is 0 Å². The van der Waals surface area contributed by atoms with Crippen LogP contribution in [0.3, 0.4) is 0 Å². The fraction of sp³-hybridized carbons (Fsp3) is 0.519. The van der Waals surface area contributed by atoms with Crippen molar-refractivity contribution in [1.82, 2.24) is 0 Å². The molecule has 1 aliphatic heterocycles. The minimum Gasteiger partial charge on any atom is -0.481 e. The zero-order chi connectivity index (χ0) is 23.3. The van der Waals surface area contributed by atoms with Gasteiger partial charge in [0, 0.05) is 23.3 Å². The number of rotatable bonds is 12. The highest BCUT2D eigenvalue weighted by molar-refractivity contribution is 7.99. The Morgan fingerprint density at radius 2 is 1.91 bits per heavy atom.